The number of hydrogen-bond donors (Lipinski definition) is 2. The molecular formula is C18H17N5. The fraction of sp³-hybridized carbons (Fsp3) is 0.278. The summed E-state index contributed by atoms with van der Waals surface area (Å²) in [7, 11) is 0. The highest BCUT2D eigenvalue weighted by Crippen LogP contribution is 2.36. The molecule has 5 heteroatoms. The van der Waals surface area contributed by atoms with Gasteiger partial charge in [-0.15, -0.1) is 0 Å². The predicted molar refractivity (Wildman–Crippen MR) is 88.7 cm³/mol. The van der Waals surface area contributed by atoms with Crippen LogP contribution in [0.3, 0.4) is 0 Å². The number of aromatic nitrogens is 3. The Kier molecular flexibility index (Phi) is 3.32. The van der Waals surface area contributed by atoms with Gasteiger partial charge in [0.25, 0.3) is 0 Å². The molecule has 0 amide bonds. The number of nitrogens with zero attached hydrogens (tertiary/aromatic N) is 3. The van der Waals surface area contributed by atoms with Crippen LogP contribution in [-0.4, -0.2) is 28.3 Å². The van der Waals surface area contributed by atoms with Crippen molar-refractivity contribution in [2.45, 2.75) is 18.3 Å². The van der Waals surface area contributed by atoms with Crippen molar-refractivity contribution in [3.05, 3.63) is 48.3 Å². The topological polar surface area (TPSA) is 77.4 Å². The summed E-state index contributed by atoms with van der Waals surface area (Å²) < 4.78 is 0. The first-order valence-electron chi connectivity index (χ1n) is 7.83. The van der Waals surface area contributed by atoms with Crippen molar-refractivity contribution < 1.29 is 0 Å². The summed E-state index contributed by atoms with van der Waals surface area (Å²) in [6, 6.07) is 12.9. The highest BCUT2D eigenvalue weighted by Gasteiger charge is 2.34. The molecule has 1 aromatic carbocycles. The van der Waals surface area contributed by atoms with Crippen molar-refractivity contribution >= 4 is 11.0 Å². The van der Waals surface area contributed by atoms with Crippen LogP contribution in [0.2, 0.25) is 0 Å². The number of pyridine rings is 1. The van der Waals surface area contributed by atoms with Gasteiger partial charge >= 0.3 is 0 Å². The number of hydrogen-bond acceptors (Lipinski definition) is 4. The van der Waals surface area contributed by atoms with Gasteiger partial charge in [0.05, 0.1) is 17.7 Å². The Bertz CT molecular complexity index is 884. The molecule has 3 aromatic rings. The van der Waals surface area contributed by atoms with Crippen molar-refractivity contribution in [3.8, 4) is 17.2 Å². The molecule has 0 bridgehead atoms. The molecule has 0 radical (unpaired) electrons. The Labute approximate surface area is 134 Å². The lowest BCUT2D eigenvalue weighted by Crippen LogP contribution is -2.38. The molecule has 1 aliphatic rings. The number of H-pyrrole nitrogens is 1. The summed E-state index contributed by atoms with van der Waals surface area (Å²) in [6.07, 6.45) is 5.29. The number of benzene rings is 1. The van der Waals surface area contributed by atoms with Gasteiger partial charge in [-0.05, 0) is 54.8 Å². The zero-order valence-corrected chi connectivity index (χ0v) is 12.7. The maximum atomic E-state index is 9.79. The fourth-order valence-corrected chi connectivity index (χ4v) is 3.41. The first-order valence-corrected chi connectivity index (χ1v) is 7.83. The third-order valence-electron chi connectivity index (χ3n) is 4.75. The third-order valence-corrected chi connectivity index (χ3v) is 4.75. The van der Waals surface area contributed by atoms with Crippen molar-refractivity contribution in [3.63, 3.8) is 0 Å². The minimum Gasteiger partial charge on any atom is -0.317 e. The molecule has 0 atom stereocenters. The number of nitriles is 1. The van der Waals surface area contributed by atoms with Crippen LogP contribution in [0.1, 0.15) is 18.4 Å². The largest absolute Gasteiger partial charge is 0.317 e. The van der Waals surface area contributed by atoms with E-state index in [1.165, 1.54) is 0 Å². The Morgan fingerprint density at radius 2 is 2.04 bits per heavy atom. The lowest BCUT2D eigenvalue weighted by Gasteiger charge is -2.32. The molecule has 2 N–H and O–H groups in total. The van der Waals surface area contributed by atoms with Crippen LogP contribution in [0.4, 0.5) is 0 Å². The number of rotatable bonds is 2. The van der Waals surface area contributed by atoms with Crippen LogP contribution < -0.4 is 5.32 Å². The van der Waals surface area contributed by atoms with E-state index >= 15 is 0 Å². The molecule has 0 spiro atoms. The molecule has 23 heavy (non-hydrogen) atoms. The maximum Gasteiger partial charge on any atom is 0.155 e. The lowest BCUT2D eigenvalue weighted by molar-refractivity contribution is 0.382. The first kappa shape index (κ1) is 13.9. The highest BCUT2D eigenvalue weighted by molar-refractivity contribution is 5.92. The molecule has 0 saturated carbocycles. The average molecular weight is 303 g/mol. The molecule has 1 aliphatic heterocycles. The van der Waals surface area contributed by atoms with Gasteiger partial charge in [0, 0.05) is 11.6 Å². The van der Waals surface area contributed by atoms with Gasteiger partial charge < -0.3 is 5.32 Å². The maximum absolute atomic E-state index is 9.79. The summed E-state index contributed by atoms with van der Waals surface area (Å²) in [5.41, 5.74) is 3.69. The van der Waals surface area contributed by atoms with Crippen LogP contribution in [0.5, 0.6) is 0 Å². The summed E-state index contributed by atoms with van der Waals surface area (Å²) >= 11 is 0. The van der Waals surface area contributed by atoms with Gasteiger partial charge in [0.2, 0.25) is 0 Å². The Hall–Kier alpha value is -2.71. The number of fused-ring (bicyclic) bond motifs is 1. The Morgan fingerprint density at radius 3 is 2.87 bits per heavy atom. The molecule has 4 rings (SSSR count). The molecule has 1 fully saturated rings. The van der Waals surface area contributed by atoms with E-state index in [4.69, 9.17) is 0 Å². The van der Waals surface area contributed by atoms with E-state index in [0.29, 0.717) is 0 Å². The molecule has 2 aromatic heterocycles. The molecule has 1 saturated heterocycles. The second kappa shape index (κ2) is 5.49. The monoisotopic (exact) mass is 303 g/mol. The molecule has 114 valence electrons. The summed E-state index contributed by atoms with van der Waals surface area (Å²) in [5.74, 6) is 0. The van der Waals surface area contributed by atoms with Crippen LogP contribution in [-0.2, 0) is 5.41 Å². The zero-order valence-electron chi connectivity index (χ0n) is 12.7. The van der Waals surface area contributed by atoms with E-state index in [-0.39, 0.29) is 5.41 Å². The number of nitrogens with one attached hydrogen (secondary N) is 2. The van der Waals surface area contributed by atoms with Gasteiger partial charge in [-0.25, -0.2) is 4.98 Å². The van der Waals surface area contributed by atoms with Crippen molar-refractivity contribution in [1.29, 1.82) is 5.26 Å². The molecule has 3 heterocycles. The highest BCUT2D eigenvalue weighted by atomic mass is 15.1. The van der Waals surface area contributed by atoms with Crippen molar-refractivity contribution in [2.75, 3.05) is 13.1 Å². The van der Waals surface area contributed by atoms with E-state index in [2.05, 4.69) is 44.8 Å². The molecular weight excluding hydrogens is 286 g/mol. The SMILES string of the molecule is N#CC1(c2cccc(-c3ccnc4[nH]ncc34)c2)CCNCC1. The molecule has 0 aliphatic carbocycles. The van der Waals surface area contributed by atoms with Crippen LogP contribution in [0.25, 0.3) is 22.2 Å². The molecule has 0 unspecified atom stereocenters. The van der Waals surface area contributed by atoms with E-state index < -0.39 is 0 Å². The van der Waals surface area contributed by atoms with Gasteiger partial charge in [-0.2, -0.15) is 10.4 Å². The van der Waals surface area contributed by atoms with E-state index in [1.54, 1.807) is 12.4 Å². The summed E-state index contributed by atoms with van der Waals surface area (Å²) in [5, 5.41) is 21.1. The van der Waals surface area contributed by atoms with Gasteiger partial charge in [-0.3, -0.25) is 5.10 Å². The lowest BCUT2D eigenvalue weighted by atomic mass is 9.74. The van der Waals surface area contributed by atoms with Crippen LogP contribution >= 0.6 is 0 Å². The van der Waals surface area contributed by atoms with Gasteiger partial charge in [0.1, 0.15) is 0 Å². The van der Waals surface area contributed by atoms with Gasteiger partial charge in [-0.1, -0.05) is 18.2 Å². The normalized spacial score (nSPS) is 17.0. The number of piperidine rings is 1. The van der Waals surface area contributed by atoms with Crippen LogP contribution in [0, 0.1) is 11.3 Å². The van der Waals surface area contributed by atoms with Gasteiger partial charge in [0.15, 0.2) is 5.65 Å². The second-order valence-electron chi connectivity index (χ2n) is 6.02. The fourth-order valence-electron chi connectivity index (χ4n) is 3.41. The minimum absolute atomic E-state index is 0.385. The Balaban J connectivity index is 1.83. The zero-order chi connectivity index (χ0) is 15.7. The molecule has 5 nitrogen and oxygen atoms in total. The summed E-state index contributed by atoms with van der Waals surface area (Å²) in [6.45, 7) is 1.78. The third kappa shape index (κ3) is 2.28. The number of aromatic amines is 1. The smallest absolute Gasteiger partial charge is 0.155 e. The van der Waals surface area contributed by atoms with E-state index in [9.17, 15) is 5.26 Å². The first-order chi connectivity index (χ1) is 11.3. The van der Waals surface area contributed by atoms with E-state index in [0.717, 1.165) is 53.7 Å². The van der Waals surface area contributed by atoms with E-state index in [1.807, 2.05) is 12.1 Å². The van der Waals surface area contributed by atoms with Crippen LogP contribution in [0.15, 0.2) is 42.7 Å². The van der Waals surface area contributed by atoms with Crippen molar-refractivity contribution in [2.24, 2.45) is 0 Å². The standard InChI is InChI=1S/C18H17N5/c19-12-18(5-8-20-9-6-18)14-3-1-2-13(10-14)15-4-7-21-17-16(15)11-22-23-17/h1-4,7,10-11,20H,5-6,8-9H2,(H,21,22,23). The average Bonchev–Trinajstić information content (AvgIpc) is 3.11. The minimum atomic E-state index is -0.385. The second-order valence-corrected chi connectivity index (χ2v) is 6.02. The van der Waals surface area contributed by atoms with Crippen molar-refractivity contribution in [1.82, 2.24) is 20.5 Å². The summed E-state index contributed by atoms with van der Waals surface area (Å²) in [4.78, 5) is 4.29. The quantitative estimate of drug-likeness (QED) is 0.763. The Morgan fingerprint density at radius 1 is 1.17 bits per heavy atom. The predicted octanol–water partition coefficient (Wildman–Crippen LogP) is 2.77.